The molecule has 1 radical (unpaired) electrons. The Morgan fingerprint density at radius 3 is 2.77 bits per heavy atom. The summed E-state index contributed by atoms with van der Waals surface area (Å²) >= 11 is 0. The van der Waals surface area contributed by atoms with Gasteiger partial charge in [0.2, 0.25) is 0 Å². The molecule has 6 nitrogen and oxygen atoms in total. The van der Waals surface area contributed by atoms with E-state index in [2.05, 4.69) is 9.47 Å². The first-order chi connectivity index (χ1) is 6.11. The third-order valence-corrected chi connectivity index (χ3v) is 1.66. The van der Waals surface area contributed by atoms with Gasteiger partial charge in [-0.15, -0.1) is 0 Å². The summed E-state index contributed by atoms with van der Waals surface area (Å²) in [6.45, 7) is -0.613. The number of aliphatic hydroxyl groups is 2. The number of hydrogen-bond acceptors (Lipinski definition) is 5. The minimum atomic E-state index is -1.33. The number of methoxy groups -OCH3 is 1. The summed E-state index contributed by atoms with van der Waals surface area (Å²) in [5, 5.41) is 28.6. The lowest BCUT2D eigenvalue weighted by atomic mass is 10.2. The van der Waals surface area contributed by atoms with E-state index >= 15 is 0 Å². The molecule has 0 aliphatic carbocycles. The fourth-order valence-electron chi connectivity index (χ4n) is 1.01. The number of cyclic esters (lactones) is 1. The molecule has 0 spiro atoms. The van der Waals surface area contributed by atoms with E-state index in [1.165, 1.54) is 7.11 Å². The van der Waals surface area contributed by atoms with Gasteiger partial charge < -0.3 is 19.7 Å². The van der Waals surface area contributed by atoms with Crippen LogP contribution >= 0.6 is 0 Å². The Labute approximate surface area is 74.0 Å². The van der Waals surface area contributed by atoms with Gasteiger partial charge in [0.05, 0.1) is 13.7 Å². The average molecular weight is 189 g/mol. The van der Waals surface area contributed by atoms with Crippen molar-refractivity contribution in [3.8, 4) is 0 Å². The van der Waals surface area contributed by atoms with Crippen molar-refractivity contribution in [1.82, 2.24) is 0 Å². The molecule has 1 rings (SSSR count). The standard InChI is InChI=1S/C7H9O6/c1-12-6-4(10)7(11)13-5(6)3(9)2-8/h3,5,8-9H,2H2,1H3/t3-,5+/m0/s1. The monoisotopic (exact) mass is 189 g/mol. The third kappa shape index (κ3) is 1.58. The Morgan fingerprint density at radius 2 is 2.31 bits per heavy atom. The maximum absolute atomic E-state index is 10.9. The second kappa shape index (κ2) is 3.63. The first kappa shape index (κ1) is 9.82. The summed E-state index contributed by atoms with van der Waals surface area (Å²) in [4.78, 5) is 10.7. The highest BCUT2D eigenvalue weighted by atomic mass is 16.6. The quantitative estimate of drug-likeness (QED) is 0.529. The lowest BCUT2D eigenvalue weighted by Gasteiger charge is -2.16. The van der Waals surface area contributed by atoms with Gasteiger partial charge in [0.25, 0.3) is 0 Å². The van der Waals surface area contributed by atoms with Gasteiger partial charge >= 0.3 is 11.7 Å². The molecule has 2 N–H and O–H groups in total. The van der Waals surface area contributed by atoms with E-state index < -0.39 is 30.5 Å². The lowest BCUT2D eigenvalue weighted by molar-refractivity contribution is -0.148. The van der Waals surface area contributed by atoms with Crippen molar-refractivity contribution in [2.75, 3.05) is 13.7 Å². The van der Waals surface area contributed by atoms with Crippen molar-refractivity contribution in [3.05, 3.63) is 11.5 Å². The molecule has 1 aliphatic heterocycles. The Balaban J connectivity index is 2.86. The molecule has 0 aromatic carbocycles. The molecule has 0 aromatic rings. The maximum atomic E-state index is 10.9. The molecule has 2 atom stereocenters. The van der Waals surface area contributed by atoms with Gasteiger partial charge in [-0.2, -0.15) is 0 Å². The van der Waals surface area contributed by atoms with E-state index in [0.717, 1.165) is 0 Å². The molecule has 0 fully saturated rings. The summed E-state index contributed by atoms with van der Waals surface area (Å²) in [5.41, 5.74) is 0. The summed E-state index contributed by atoms with van der Waals surface area (Å²) in [6.07, 6.45) is -2.51. The molecule has 0 bridgehead atoms. The van der Waals surface area contributed by atoms with Crippen molar-refractivity contribution >= 4 is 5.97 Å². The SMILES string of the molecule is COC1=C([O])C(=O)O[C@@H]1[C@@H](O)CO. The zero-order chi connectivity index (χ0) is 10.0. The molecule has 1 heterocycles. The number of carbonyl (C=O) groups is 1. The summed E-state index contributed by atoms with van der Waals surface area (Å²) < 4.78 is 9.05. The van der Waals surface area contributed by atoms with E-state index in [-0.39, 0.29) is 5.76 Å². The predicted octanol–water partition coefficient (Wildman–Crippen LogP) is -1.45. The smallest absolute Gasteiger partial charge is 0.383 e. The van der Waals surface area contributed by atoms with Crippen LogP contribution in [0.3, 0.4) is 0 Å². The highest BCUT2D eigenvalue weighted by Crippen LogP contribution is 2.24. The lowest BCUT2D eigenvalue weighted by Crippen LogP contribution is -2.32. The Bertz CT molecular complexity index is 245. The molecule has 0 aromatic heterocycles. The van der Waals surface area contributed by atoms with Gasteiger partial charge in [-0.1, -0.05) is 0 Å². The number of aliphatic hydroxyl groups excluding tert-OH is 2. The molecule has 0 saturated carbocycles. The van der Waals surface area contributed by atoms with Crippen molar-refractivity contribution < 1.29 is 29.6 Å². The van der Waals surface area contributed by atoms with E-state index in [1.54, 1.807) is 0 Å². The third-order valence-electron chi connectivity index (χ3n) is 1.66. The van der Waals surface area contributed by atoms with Crippen LogP contribution in [0, 0.1) is 0 Å². The normalized spacial score (nSPS) is 24.5. The summed E-state index contributed by atoms with van der Waals surface area (Å²) in [5.74, 6) is -2.26. The Kier molecular flexibility index (Phi) is 2.74. The van der Waals surface area contributed by atoms with Gasteiger partial charge in [0.1, 0.15) is 6.10 Å². The second-order valence-corrected chi connectivity index (χ2v) is 2.47. The minimum Gasteiger partial charge on any atom is -0.493 e. The molecular formula is C7H9O6. The van der Waals surface area contributed by atoms with E-state index in [9.17, 15) is 9.90 Å². The largest absolute Gasteiger partial charge is 0.493 e. The van der Waals surface area contributed by atoms with E-state index in [0.29, 0.717) is 0 Å². The van der Waals surface area contributed by atoms with Gasteiger partial charge in [0.15, 0.2) is 11.9 Å². The van der Waals surface area contributed by atoms with Crippen molar-refractivity contribution in [2.24, 2.45) is 0 Å². The van der Waals surface area contributed by atoms with Crippen LogP contribution in [0.1, 0.15) is 0 Å². The van der Waals surface area contributed by atoms with Crippen LogP contribution in [0.5, 0.6) is 0 Å². The summed E-state index contributed by atoms with van der Waals surface area (Å²) in [7, 11) is 1.19. The second-order valence-electron chi connectivity index (χ2n) is 2.47. The van der Waals surface area contributed by atoms with Crippen LogP contribution in [0.2, 0.25) is 0 Å². The molecule has 0 saturated heterocycles. The number of rotatable bonds is 3. The van der Waals surface area contributed by atoms with Crippen LogP contribution in [-0.4, -0.2) is 42.1 Å². The minimum absolute atomic E-state index is 0.272. The maximum Gasteiger partial charge on any atom is 0.383 e. The fraction of sp³-hybridized carbons (Fsp3) is 0.571. The van der Waals surface area contributed by atoms with Gasteiger partial charge in [-0.3, -0.25) is 5.11 Å². The van der Waals surface area contributed by atoms with Gasteiger partial charge in [0, 0.05) is 0 Å². The number of ether oxygens (including phenoxy) is 2. The molecule has 6 heteroatoms. The van der Waals surface area contributed by atoms with Crippen LogP contribution in [0.4, 0.5) is 0 Å². The first-order valence-electron chi connectivity index (χ1n) is 3.57. The zero-order valence-electron chi connectivity index (χ0n) is 6.89. The molecule has 0 amide bonds. The van der Waals surface area contributed by atoms with Gasteiger partial charge in [-0.25, -0.2) is 4.79 Å². The van der Waals surface area contributed by atoms with Crippen molar-refractivity contribution in [2.45, 2.75) is 12.2 Å². The highest BCUT2D eigenvalue weighted by Gasteiger charge is 2.41. The zero-order valence-corrected chi connectivity index (χ0v) is 6.89. The average Bonchev–Trinajstić information content (AvgIpc) is 2.42. The molecular weight excluding hydrogens is 180 g/mol. The van der Waals surface area contributed by atoms with E-state index in [1.807, 2.05) is 0 Å². The van der Waals surface area contributed by atoms with Crippen molar-refractivity contribution in [1.29, 1.82) is 0 Å². The van der Waals surface area contributed by atoms with Crippen molar-refractivity contribution in [3.63, 3.8) is 0 Å². The number of carbonyl (C=O) groups excluding carboxylic acids is 1. The highest BCUT2D eigenvalue weighted by molar-refractivity contribution is 5.89. The predicted molar refractivity (Wildman–Crippen MR) is 37.7 cm³/mol. The Morgan fingerprint density at radius 1 is 1.69 bits per heavy atom. The number of esters is 1. The molecule has 0 unspecified atom stereocenters. The Hall–Kier alpha value is -1.27. The van der Waals surface area contributed by atoms with Crippen LogP contribution in [0.25, 0.3) is 0 Å². The molecule has 73 valence electrons. The van der Waals surface area contributed by atoms with Crippen LogP contribution in [-0.2, 0) is 19.4 Å². The molecule has 1 aliphatic rings. The van der Waals surface area contributed by atoms with Crippen LogP contribution < -0.4 is 0 Å². The van der Waals surface area contributed by atoms with Crippen LogP contribution in [0.15, 0.2) is 11.5 Å². The summed E-state index contributed by atoms with van der Waals surface area (Å²) in [6, 6.07) is 0. The topological polar surface area (TPSA) is 95.9 Å². The number of hydrogen-bond donors (Lipinski definition) is 2. The van der Waals surface area contributed by atoms with Gasteiger partial charge in [-0.05, 0) is 0 Å². The molecule has 13 heavy (non-hydrogen) atoms. The first-order valence-corrected chi connectivity index (χ1v) is 3.57. The van der Waals surface area contributed by atoms with E-state index in [4.69, 9.17) is 10.2 Å². The fourth-order valence-corrected chi connectivity index (χ4v) is 1.01.